The fraction of sp³-hybridized carbons (Fsp3) is 0. The molecule has 15 aromatic rings. The fourth-order valence-electron chi connectivity index (χ4n) is 15.5. The molecular formula is C78H48B2N4. The van der Waals surface area contributed by atoms with Crippen LogP contribution >= 0.6 is 0 Å². The third kappa shape index (κ3) is 6.23. The second kappa shape index (κ2) is 17.4. The molecule has 0 amide bonds. The van der Waals surface area contributed by atoms with E-state index in [0.717, 1.165) is 11.4 Å². The molecular weight excluding hydrogens is 1010 g/mol. The number of hydrogen-bond acceptors (Lipinski definition) is 2. The van der Waals surface area contributed by atoms with Gasteiger partial charge in [0.1, 0.15) is 0 Å². The van der Waals surface area contributed by atoms with Crippen LogP contribution in [0.15, 0.2) is 291 Å². The van der Waals surface area contributed by atoms with Crippen LogP contribution in [0, 0.1) is 0 Å². The summed E-state index contributed by atoms with van der Waals surface area (Å²) in [4.78, 5) is 5.04. The molecule has 0 unspecified atom stereocenters. The van der Waals surface area contributed by atoms with Gasteiger partial charge >= 0.3 is 0 Å². The summed E-state index contributed by atoms with van der Waals surface area (Å²) in [6.07, 6.45) is 0. The first kappa shape index (κ1) is 45.9. The molecule has 0 radical (unpaired) electrons. The van der Waals surface area contributed by atoms with E-state index in [1.807, 2.05) is 0 Å². The molecule has 4 aliphatic heterocycles. The summed E-state index contributed by atoms with van der Waals surface area (Å²) >= 11 is 0. The van der Waals surface area contributed by atoms with Gasteiger partial charge in [0.15, 0.2) is 0 Å². The Kier molecular flexibility index (Phi) is 9.48. The van der Waals surface area contributed by atoms with Gasteiger partial charge in [-0.2, -0.15) is 0 Å². The van der Waals surface area contributed by atoms with Crippen LogP contribution in [0.3, 0.4) is 0 Å². The highest BCUT2D eigenvalue weighted by Crippen LogP contribution is 2.49. The number of benzene rings is 13. The van der Waals surface area contributed by atoms with Gasteiger partial charge in [0.25, 0.3) is 13.4 Å². The average molecular weight is 1060 g/mol. The van der Waals surface area contributed by atoms with Crippen molar-refractivity contribution >= 4 is 124 Å². The molecule has 0 atom stereocenters. The van der Waals surface area contributed by atoms with Gasteiger partial charge in [-0.3, -0.25) is 0 Å². The van der Waals surface area contributed by atoms with E-state index in [9.17, 15) is 0 Å². The first-order valence-corrected chi connectivity index (χ1v) is 29.3. The molecule has 13 aromatic carbocycles. The van der Waals surface area contributed by atoms with Crippen molar-refractivity contribution in [1.29, 1.82) is 0 Å². The zero-order chi connectivity index (χ0) is 54.7. The maximum atomic E-state index is 2.70. The van der Waals surface area contributed by atoms with Crippen molar-refractivity contribution in [2.45, 2.75) is 0 Å². The number of aromatic nitrogens is 2. The molecule has 19 rings (SSSR count). The predicted molar refractivity (Wildman–Crippen MR) is 356 cm³/mol. The van der Waals surface area contributed by atoms with Gasteiger partial charge in [0, 0.05) is 67.0 Å². The van der Waals surface area contributed by atoms with E-state index in [1.165, 1.54) is 155 Å². The lowest BCUT2D eigenvalue weighted by molar-refractivity contribution is 1.16. The van der Waals surface area contributed by atoms with Gasteiger partial charge in [-0.1, -0.05) is 206 Å². The number of anilines is 6. The van der Waals surface area contributed by atoms with E-state index in [1.54, 1.807) is 0 Å². The molecule has 84 heavy (non-hydrogen) atoms. The molecule has 0 saturated heterocycles. The first-order chi connectivity index (χ1) is 41.7. The van der Waals surface area contributed by atoms with Gasteiger partial charge < -0.3 is 18.9 Å². The van der Waals surface area contributed by atoms with E-state index in [0.29, 0.717) is 0 Å². The number of nitrogens with zero attached hydrogens (tertiary/aromatic N) is 4. The quantitative estimate of drug-likeness (QED) is 0.154. The molecule has 0 aliphatic carbocycles. The second-order valence-electron chi connectivity index (χ2n) is 23.1. The standard InChI is InChI=1S/C78H48B2N4/c1-7-23-49(24-8-1)53-43-59(51-27-11-3-12-28-51)73-57-39-41-67-75-77(57)83(71(73)45-53)69-47-64-70(48-63(69)79(75)61-35-19-21-37-65(61)81(67)55-31-15-5-16-32-55)84-72-46-54(50-25-9-2-10-26-50)44-60(52-29-13-4-14-30-52)74(72)58-40-42-68-76(78(58)84)80(64)62-36-20-22-38-66(62)82(68)56-33-17-6-18-34-56/h1-48H. The Balaban J connectivity index is 1.01. The van der Waals surface area contributed by atoms with Crippen molar-refractivity contribution in [3.63, 3.8) is 0 Å². The molecule has 4 nitrogen and oxygen atoms in total. The highest BCUT2D eigenvalue weighted by atomic mass is 15.2. The van der Waals surface area contributed by atoms with Crippen LogP contribution in [-0.4, -0.2) is 22.6 Å². The van der Waals surface area contributed by atoms with Crippen molar-refractivity contribution in [1.82, 2.24) is 9.13 Å². The Bertz CT molecular complexity index is 4920. The van der Waals surface area contributed by atoms with Crippen molar-refractivity contribution < 1.29 is 0 Å². The Morgan fingerprint density at radius 2 is 0.583 bits per heavy atom. The molecule has 0 fully saturated rings. The van der Waals surface area contributed by atoms with Crippen LogP contribution in [-0.2, 0) is 0 Å². The van der Waals surface area contributed by atoms with Crippen LogP contribution in [0.25, 0.3) is 99.5 Å². The van der Waals surface area contributed by atoms with Crippen molar-refractivity contribution in [3.05, 3.63) is 291 Å². The van der Waals surface area contributed by atoms with E-state index in [4.69, 9.17) is 0 Å². The minimum atomic E-state index is -0.0947. The van der Waals surface area contributed by atoms with Crippen LogP contribution in [0.2, 0.25) is 0 Å². The predicted octanol–water partition coefficient (Wildman–Crippen LogP) is 15.8. The van der Waals surface area contributed by atoms with E-state index < -0.39 is 0 Å². The Morgan fingerprint density at radius 3 is 0.976 bits per heavy atom. The number of fused-ring (bicyclic) bond motifs is 16. The first-order valence-electron chi connectivity index (χ1n) is 29.3. The number of para-hydroxylation sites is 4. The topological polar surface area (TPSA) is 16.3 Å². The van der Waals surface area contributed by atoms with Crippen LogP contribution in [0.1, 0.15) is 0 Å². The summed E-state index contributed by atoms with van der Waals surface area (Å²) in [5, 5.41) is 5.05. The minimum absolute atomic E-state index is 0.0947. The molecule has 4 aliphatic rings. The summed E-state index contributed by atoms with van der Waals surface area (Å²) in [5.74, 6) is 0. The van der Waals surface area contributed by atoms with Gasteiger partial charge in [-0.25, -0.2) is 0 Å². The lowest BCUT2D eigenvalue weighted by Crippen LogP contribution is -2.63. The Labute approximate surface area is 487 Å². The lowest BCUT2D eigenvalue weighted by Gasteiger charge is -2.42. The van der Waals surface area contributed by atoms with Gasteiger partial charge in [0.2, 0.25) is 0 Å². The smallest absolute Gasteiger partial charge is 0.252 e. The van der Waals surface area contributed by atoms with Gasteiger partial charge in [-0.15, -0.1) is 0 Å². The molecule has 386 valence electrons. The highest BCUT2D eigenvalue weighted by Gasteiger charge is 2.47. The third-order valence-corrected chi connectivity index (χ3v) is 18.8. The largest absolute Gasteiger partial charge is 0.311 e. The molecule has 6 heterocycles. The lowest BCUT2D eigenvalue weighted by atomic mass is 9.31. The number of rotatable bonds is 6. The van der Waals surface area contributed by atoms with Crippen LogP contribution in [0.4, 0.5) is 34.1 Å². The third-order valence-electron chi connectivity index (χ3n) is 18.8. The molecule has 0 N–H and O–H groups in total. The fourth-order valence-corrected chi connectivity index (χ4v) is 15.5. The summed E-state index contributed by atoms with van der Waals surface area (Å²) in [5.41, 5.74) is 32.0. The monoisotopic (exact) mass is 1060 g/mol. The molecule has 6 heteroatoms. The average Bonchev–Trinajstić information content (AvgIpc) is 1.73. The molecule has 0 spiro atoms. The second-order valence-corrected chi connectivity index (χ2v) is 23.1. The Morgan fingerprint density at radius 1 is 0.238 bits per heavy atom. The van der Waals surface area contributed by atoms with E-state index in [-0.39, 0.29) is 13.4 Å². The van der Waals surface area contributed by atoms with E-state index >= 15 is 0 Å². The summed E-state index contributed by atoms with van der Waals surface area (Å²) < 4.78 is 5.39. The summed E-state index contributed by atoms with van der Waals surface area (Å²) in [6.45, 7) is -0.189. The minimum Gasteiger partial charge on any atom is -0.311 e. The SMILES string of the molecule is c1ccc(-c2cc(-c3ccccc3)c3c4ccc5c6c4n(c3c2)-c2cc3c(cc2B6c2ccccc2N5c2ccccc2)-n2c4cc(-c5ccccc5)cc(-c5ccccc5)c4c4ccc5c(c42)B3c2ccccc2N5c2ccccc2)cc1. The normalized spacial score (nSPS) is 13.1. The zero-order valence-corrected chi connectivity index (χ0v) is 45.7. The van der Waals surface area contributed by atoms with Crippen LogP contribution in [0.5, 0.6) is 0 Å². The van der Waals surface area contributed by atoms with Crippen molar-refractivity contribution in [3.8, 4) is 55.9 Å². The maximum Gasteiger partial charge on any atom is 0.252 e. The van der Waals surface area contributed by atoms with Crippen LogP contribution < -0.4 is 42.6 Å². The van der Waals surface area contributed by atoms with E-state index in [2.05, 4.69) is 310 Å². The molecule has 2 aromatic heterocycles. The maximum absolute atomic E-state index is 2.70. The summed E-state index contributed by atoms with van der Waals surface area (Å²) in [6, 6.07) is 109. The summed E-state index contributed by atoms with van der Waals surface area (Å²) in [7, 11) is 0. The van der Waals surface area contributed by atoms with Gasteiger partial charge in [0.05, 0.1) is 22.1 Å². The highest BCUT2D eigenvalue weighted by molar-refractivity contribution is 7.02. The number of hydrogen-bond donors (Lipinski definition) is 0. The Hall–Kier alpha value is -10.8. The molecule has 0 bridgehead atoms. The van der Waals surface area contributed by atoms with Crippen molar-refractivity contribution in [2.24, 2.45) is 0 Å². The van der Waals surface area contributed by atoms with Gasteiger partial charge in [-0.05, 0) is 162 Å². The molecule has 0 saturated carbocycles. The zero-order valence-electron chi connectivity index (χ0n) is 45.7. The van der Waals surface area contributed by atoms with Crippen molar-refractivity contribution in [2.75, 3.05) is 9.80 Å².